The van der Waals surface area contributed by atoms with Gasteiger partial charge in [-0.15, -0.1) is 0 Å². The van der Waals surface area contributed by atoms with Gasteiger partial charge in [-0.05, 0) is 43.5 Å². The SMILES string of the molecule is Cc1ccccc1C(=O)NCCC(=O)N(c1ccccc1)C1CCCC1. The van der Waals surface area contributed by atoms with E-state index in [0.717, 1.165) is 24.1 Å². The predicted molar refractivity (Wildman–Crippen MR) is 104 cm³/mol. The van der Waals surface area contributed by atoms with Crippen molar-refractivity contribution in [2.24, 2.45) is 0 Å². The second-order valence-corrected chi connectivity index (χ2v) is 6.86. The maximum Gasteiger partial charge on any atom is 0.251 e. The van der Waals surface area contributed by atoms with Crippen LogP contribution in [0.3, 0.4) is 0 Å². The van der Waals surface area contributed by atoms with E-state index in [9.17, 15) is 9.59 Å². The molecule has 0 spiro atoms. The van der Waals surface area contributed by atoms with Gasteiger partial charge in [0.2, 0.25) is 5.91 Å². The van der Waals surface area contributed by atoms with E-state index in [1.54, 1.807) is 6.07 Å². The molecular weight excluding hydrogens is 324 g/mol. The highest BCUT2D eigenvalue weighted by Gasteiger charge is 2.27. The molecule has 0 radical (unpaired) electrons. The van der Waals surface area contributed by atoms with Gasteiger partial charge >= 0.3 is 0 Å². The van der Waals surface area contributed by atoms with Crippen LogP contribution in [0.1, 0.15) is 48.0 Å². The minimum Gasteiger partial charge on any atom is -0.352 e. The van der Waals surface area contributed by atoms with Crippen molar-refractivity contribution in [1.29, 1.82) is 0 Å². The second-order valence-electron chi connectivity index (χ2n) is 6.86. The van der Waals surface area contributed by atoms with Gasteiger partial charge in [-0.1, -0.05) is 49.2 Å². The van der Waals surface area contributed by atoms with Crippen molar-refractivity contribution < 1.29 is 9.59 Å². The Morgan fingerprint density at radius 2 is 1.65 bits per heavy atom. The summed E-state index contributed by atoms with van der Waals surface area (Å²) in [4.78, 5) is 27.1. The van der Waals surface area contributed by atoms with Gasteiger partial charge in [0, 0.05) is 30.3 Å². The molecule has 0 heterocycles. The van der Waals surface area contributed by atoms with Crippen LogP contribution in [0.2, 0.25) is 0 Å². The summed E-state index contributed by atoms with van der Waals surface area (Å²) >= 11 is 0. The molecule has 1 saturated carbocycles. The molecule has 1 aliphatic rings. The molecule has 2 amide bonds. The highest BCUT2D eigenvalue weighted by atomic mass is 16.2. The average Bonchev–Trinajstić information content (AvgIpc) is 3.17. The minimum absolute atomic E-state index is 0.0770. The first kappa shape index (κ1) is 18.2. The fourth-order valence-electron chi connectivity index (χ4n) is 3.64. The number of rotatable bonds is 6. The Balaban J connectivity index is 1.61. The number of anilines is 1. The van der Waals surface area contributed by atoms with Crippen LogP contribution < -0.4 is 10.2 Å². The van der Waals surface area contributed by atoms with E-state index in [-0.39, 0.29) is 17.9 Å². The molecule has 2 aromatic carbocycles. The number of hydrogen-bond acceptors (Lipinski definition) is 2. The Bertz CT molecular complexity index is 752. The van der Waals surface area contributed by atoms with E-state index >= 15 is 0 Å². The standard InChI is InChI=1S/C22H26N2O2/c1-17-9-5-8-14-20(17)22(26)23-16-15-21(25)24(19-12-6-7-13-19)18-10-3-2-4-11-18/h2-5,8-11,14,19H,6-7,12-13,15-16H2,1H3,(H,23,26). The minimum atomic E-state index is -0.122. The van der Waals surface area contributed by atoms with Crippen molar-refractivity contribution in [3.8, 4) is 0 Å². The number of carbonyl (C=O) groups excluding carboxylic acids is 2. The zero-order valence-electron chi connectivity index (χ0n) is 15.3. The lowest BCUT2D eigenvalue weighted by Crippen LogP contribution is -2.40. The van der Waals surface area contributed by atoms with Crippen molar-refractivity contribution in [3.05, 3.63) is 65.7 Å². The molecule has 1 fully saturated rings. The third kappa shape index (κ3) is 4.31. The highest BCUT2D eigenvalue weighted by molar-refractivity contribution is 5.97. The Labute approximate surface area is 155 Å². The van der Waals surface area contributed by atoms with E-state index in [2.05, 4.69) is 5.32 Å². The number of hydrogen-bond donors (Lipinski definition) is 1. The zero-order valence-corrected chi connectivity index (χ0v) is 15.3. The van der Waals surface area contributed by atoms with Gasteiger partial charge in [0.05, 0.1) is 0 Å². The van der Waals surface area contributed by atoms with E-state index < -0.39 is 0 Å². The number of benzene rings is 2. The molecule has 4 heteroatoms. The number of nitrogens with zero attached hydrogens (tertiary/aromatic N) is 1. The molecule has 3 rings (SSSR count). The Kier molecular flexibility index (Phi) is 6.05. The van der Waals surface area contributed by atoms with Crippen LogP contribution in [-0.4, -0.2) is 24.4 Å². The van der Waals surface area contributed by atoms with Crippen LogP contribution in [0, 0.1) is 6.92 Å². The molecule has 0 unspecified atom stereocenters. The molecule has 0 bridgehead atoms. The molecule has 1 aliphatic carbocycles. The van der Waals surface area contributed by atoms with E-state index in [0.29, 0.717) is 18.5 Å². The lowest BCUT2D eigenvalue weighted by Gasteiger charge is -2.29. The van der Waals surface area contributed by atoms with E-state index in [1.165, 1.54) is 12.8 Å². The van der Waals surface area contributed by atoms with E-state index in [4.69, 9.17) is 0 Å². The number of amides is 2. The van der Waals surface area contributed by atoms with Crippen LogP contribution in [0.5, 0.6) is 0 Å². The summed E-state index contributed by atoms with van der Waals surface area (Å²) in [5.41, 5.74) is 2.55. The van der Waals surface area contributed by atoms with Crippen molar-refractivity contribution in [3.63, 3.8) is 0 Å². The first-order valence-corrected chi connectivity index (χ1v) is 9.38. The first-order chi connectivity index (χ1) is 12.7. The predicted octanol–water partition coefficient (Wildman–Crippen LogP) is 4.09. The summed E-state index contributed by atoms with van der Waals surface area (Å²) in [7, 11) is 0. The smallest absolute Gasteiger partial charge is 0.251 e. The maximum atomic E-state index is 12.9. The third-order valence-corrected chi connectivity index (χ3v) is 5.01. The lowest BCUT2D eigenvalue weighted by atomic mass is 10.1. The molecule has 0 aromatic heterocycles. The number of carbonyl (C=O) groups is 2. The number of nitrogens with one attached hydrogen (secondary N) is 1. The topological polar surface area (TPSA) is 49.4 Å². The fourth-order valence-corrected chi connectivity index (χ4v) is 3.64. The van der Waals surface area contributed by atoms with Crippen molar-refractivity contribution in [2.75, 3.05) is 11.4 Å². The average molecular weight is 350 g/mol. The van der Waals surface area contributed by atoms with Gasteiger partial charge in [0.25, 0.3) is 5.91 Å². The molecule has 0 aliphatic heterocycles. The zero-order chi connectivity index (χ0) is 18.4. The number of aryl methyl sites for hydroxylation is 1. The van der Waals surface area contributed by atoms with Crippen LogP contribution in [0.4, 0.5) is 5.69 Å². The summed E-state index contributed by atoms with van der Waals surface area (Å²) < 4.78 is 0. The number of para-hydroxylation sites is 1. The first-order valence-electron chi connectivity index (χ1n) is 9.38. The van der Waals surface area contributed by atoms with Crippen LogP contribution in [-0.2, 0) is 4.79 Å². The molecule has 1 N–H and O–H groups in total. The largest absolute Gasteiger partial charge is 0.352 e. The molecule has 2 aromatic rings. The monoisotopic (exact) mass is 350 g/mol. The van der Waals surface area contributed by atoms with Crippen LogP contribution in [0.15, 0.2) is 54.6 Å². The fraction of sp³-hybridized carbons (Fsp3) is 0.364. The van der Waals surface area contributed by atoms with Crippen LogP contribution >= 0.6 is 0 Å². The van der Waals surface area contributed by atoms with Gasteiger partial charge in [0.1, 0.15) is 0 Å². The summed E-state index contributed by atoms with van der Waals surface area (Å²) in [5.74, 6) is -0.0452. The molecular formula is C22H26N2O2. The lowest BCUT2D eigenvalue weighted by molar-refractivity contribution is -0.118. The van der Waals surface area contributed by atoms with Gasteiger partial charge in [-0.2, -0.15) is 0 Å². The second kappa shape index (κ2) is 8.65. The summed E-state index contributed by atoms with van der Waals surface area (Å²) in [6, 6.07) is 17.6. The van der Waals surface area contributed by atoms with Crippen molar-refractivity contribution in [2.45, 2.75) is 45.1 Å². The Morgan fingerprint density at radius 1 is 1.00 bits per heavy atom. The van der Waals surface area contributed by atoms with Gasteiger partial charge in [-0.3, -0.25) is 9.59 Å². The quantitative estimate of drug-likeness (QED) is 0.853. The van der Waals surface area contributed by atoms with Gasteiger partial charge < -0.3 is 10.2 Å². The third-order valence-electron chi connectivity index (χ3n) is 5.01. The summed E-state index contributed by atoms with van der Waals surface area (Å²) in [6.07, 6.45) is 4.76. The highest BCUT2D eigenvalue weighted by Crippen LogP contribution is 2.28. The molecule has 0 atom stereocenters. The summed E-state index contributed by atoms with van der Waals surface area (Å²) in [6.45, 7) is 2.26. The van der Waals surface area contributed by atoms with Crippen molar-refractivity contribution >= 4 is 17.5 Å². The van der Waals surface area contributed by atoms with E-state index in [1.807, 2.05) is 60.4 Å². The molecule has 4 nitrogen and oxygen atoms in total. The van der Waals surface area contributed by atoms with Crippen LogP contribution in [0.25, 0.3) is 0 Å². The normalized spacial score (nSPS) is 14.2. The molecule has 136 valence electrons. The Hall–Kier alpha value is -2.62. The van der Waals surface area contributed by atoms with Crippen molar-refractivity contribution in [1.82, 2.24) is 5.32 Å². The molecule has 0 saturated heterocycles. The summed E-state index contributed by atoms with van der Waals surface area (Å²) in [5, 5.41) is 2.88. The Morgan fingerprint density at radius 3 is 2.35 bits per heavy atom. The van der Waals surface area contributed by atoms with Gasteiger partial charge in [-0.25, -0.2) is 0 Å². The van der Waals surface area contributed by atoms with Gasteiger partial charge in [0.15, 0.2) is 0 Å². The molecule has 26 heavy (non-hydrogen) atoms. The maximum absolute atomic E-state index is 12.9.